The summed E-state index contributed by atoms with van der Waals surface area (Å²) in [6.45, 7) is 7.89. The minimum Gasteiger partial charge on any atom is -0.462 e. The van der Waals surface area contributed by atoms with Crippen molar-refractivity contribution in [3.63, 3.8) is 0 Å². The van der Waals surface area contributed by atoms with E-state index in [0.717, 1.165) is 38.5 Å². The van der Waals surface area contributed by atoms with E-state index in [1.165, 1.54) is 283 Å². The van der Waals surface area contributed by atoms with Gasteiger partial charge in [0.05, 0.1) is 6.61 Å². The van der Waals surface area contributed by atoms with Crippen LogP contribution in [0.1, 0.15) is 355 Å². The first-order chi connectivity index (χ1) is 34.6. The molecule has 5 heteroatoms. The third kappa shape index (κ3) is 58.9. The molecule has 414 valence electrons. The molecule has 0 N–H and O–H groups in total. The molecule has 0 heterocycles. The second kappa shape index (κ2) is 61.7. The summed E-state index contributed by atoms with van der Waals surface area (Å²) in [5, 5.41) is 0. The molecular weight excluding hydrogens is 861 g/mol. The van der Waals surface area contributed by atoms with E-state index in [9.17, 15) is 9.59 Å². The van der Waals surface area contributed by atoms with Gasteiger partial charge in [0.2, 0.25) is 0 Å². The molecule has 0 spiro atoms. The first kappa shape index (κ1) is 68.4. The maximum absolute atomic E-state index is 12.9. The monoisotopic (exact) mass is 985 g/mol. The van der Waals surface area contributed by atoms with Crippen LogP contribution in [-0.4, -0.2) is 37.9 Å². The van der Waals surface area contributed by atoms with Crippen LogP contribution in [0.4, 0.5) is 0 Å². The van der Waals surface area contributed by atoms with Crippen LogP contribution in [0, 0.1) is 0 Å². The Kier molecular flexibility index (Phi) is 60.3. The Morgan fingerprint density at radius 3 is 0.971 bits per heavy atom. The molecule has 5 nitrogen and oxygen atoms in total. The number of carbonyl (C=O) groups excluding carboxylic acids is 2. The molecule has 1 unspecified atom stereocenters. The third-order valence-corrected chi connectivity index (χ3v) is 14.5. The van der Waals surface area contributed by atoms with Crippen molar-refractivity contribution >= 4 is 11.9 Å². The van der Waals surface area contributed by atoms with Gasteiger partial charge in [0.1, 0.15) is 6.61 Å². The molecule has 0 saturated heterocycles. The molecule has 0 aromatic heterocycles. The average molecular weight is 986 g/mol. The number of unbranched alkanes of at least 4 members (excludes halogenated alkanes) is 45. The van der Waals surface area contributed by atoms with Gasteiger partial charge in [0, 0.05) is 19.4 Å². The fourth-order valence-corrected chi connectivity index (χ4v) is 9.72. The topological polar surface area (TPSA) is 61.8 Å². The van der Waals surface area contributed by atoms with Crippen LogP contribution in [0.5, 0.6) is 0 Å². The lowest BCUT2D eigenvalue weighted by Gasteiger charge is -2.18. The molecule has 0 aromatic carbocycles. The predicted molar refractivity (Wildman–Crippen MR) is 307 cm³/mol. The summed E-state index contributed by atoms with van der Waals surface area (Å²) < 4.78 is 17.6. The molecule has 0 bridgehead atoms. The lowest BCUT2D eigenvalue weighted by Crippen LogP contribution is -2.30. The second-order valence-corrected chi connectivity index (χ2v) is 21.7. The smallest absolute Gasteiger partial charge is 0.306 e. The lowest BCUT2D eigenvalue weighted by molar-refractivity contribution is -0.163. The molecule has 0 radical (unpaired) electrons. The minimum absolute atomic E-state index is 0.0898. The molecule has 0 aliphatic heterocycles. The van der Waals surface area contributed by atoms with E-state index in [1.807, 2.05) is 0 Å². The zero-order valence-electron chi connectivity index (χ0n) is 47.8. The zero-order valence-corrected chi connectivity index (χ0v) is 47.8. The third-order valence-electron chi connectivity index (χ3n) is 14.5. The summed E-state index contributed by atoms with van der Waals surface area (Å²) in [5.41, 5.74) is 0. The van der Waals surface area contributed by atoms with Crippen molar-refractivity contribution < 1.29 is 23.8 Å². The van der Waals surface area contributed by atoms with Crippen LogP contribution in [0.3, 0.4) is 0 Å². The molecule has 70 heavy (non-hydrogen) atoms. The molecule has 0 aromatic rings. The average Bonchev–Trinajstić information content (AvgIpc) is 3.36. The molecule has 0 aliphatic rings. The van der Waals surface area contributed by atoms with E-state index in [0.29, 0.717) is 26.1 Å². The lowest BCUT2D eigenvalue weighted by atomic mass is 10.0. The Hall–Kier alpha value is -1.62. The number of hydrogen-bond donors (Lipinski definition) is 0. The van der Waals surface area contributed by atoms with Gasteiger partial charge in [-0.1, -0.05) is 315 Å². The highest BCUT2D eigenvalue weighted by molar-refractivity contribution is 5.70. The quantitative estimate of drug-likeness (QED) is 0.0345. The number of hydrogen-bond acceptors (Lipinski definition) is 5. The molecule has 0 saturated carbocycles. The Bertz CT molecular complexity index is 1070. The normalized spacial score (nSPS) is 12.2. The fraction of sp³-hybridized carbons (Fsp3) is 0.908. The summed E-state index contributed by atoms with van der Waals surface area (Å²) in [4.78, 5) is 25.6. The number of allylic oxidation sites excluding steroid dienone is 4. The molecule has 0 amide bonds. The molecule has 0 aliphatic carbocycles. The van der Waals surface area contributed by atoms with Gasteiger partial charge in [0.15, 0.2) is 6.10 Å². The largest absolute Gasteiger partial charge is 0.462 e. The second-order valence-electron chi connectivity index (χ2n) is 21.7. The summed E-state index contributed by atoms with van der Waals surface area (Å²) >= 11 is 0. The van der Waals surface area contributed by atoms with Crippen molar-refractivity contribution in [2.45, 2.75) is 361 Å². The van der Waals surface area contributed by atoms with Gasteiger partial charge >= 0.3 is 11.9 Å². The Balaban J connectivity index is 4.21. The Morgan fingerprint density at radius 2 is 0.600 bits per heavy atom. The summed E-state index contributed by atoms with van der Waals surface area (Å²) in [6, 6.07) is 0. The van der Waals surface area contributed by atoms with Gasteiger partial charge in [0.25, 0.3) is 0 Å². The first-order valence-electron chi connectivity index (χ1n) is 31.9. The van der Waals surface area contributed by atoms with Gasteiger partial charge in [-0.15, -0.1) is 0 Å². The number of esters is 2. The number of carbonyl (C=O) groups is 2. The molecule has 0 rings (SSSR count). The van der Waals surface area contributed by atoms with Crippen molar-refractivity contribution in [2.24, 2.45) is 0 Å². The highest BCUT2D eigenvalue weighted by atomic mass is 16.6. The summed E-state index contributed by atoms with van der Waals surface area (Å²) in [6.07, 6.45) is 75.0. The van der Waals surface area contributed by atoms with Crippen molar-refractivity contribution in [3.05, 3.63) is 24.3 Å². The van der Waals surface area contributed by atoms with Crippen molar-refractivity contribution in [2.75, 3.05) is 19.8 Å². The van der Waals surface area contributed by atoms with E-state index < -0.39 is 6.10 Å². The van der Waals surface area contributed by atoms with Gasteiger partial charge in [-0.2, -0.15) is 0 Å². The van der Waals surface area contributed by atoms with Crippen LogP contribution >= 0.6 is 0 Å². The van der Waals surface area contributed by atoms with Crippen LogP contribution in [0.25, 0.3) is 0 Å². The number of rotatable bonds is 60. The van der Waals surface area contributed by atoms with Gasteiger partial charge in [-0.3, -0.25) is 9.59 Å². The van der Waals surface area contributed by atoms with Crippen LogP contribution in [-0.2, 0) is 23.8 Å². The van der Waals surface area contributed by atoms with E-state index in [-0.39, 0.29) is 18.5 Å². The minimum atomic E-state index is -0.533. The maximum Gasteiger partial charge on any atom is 0.306 e. The van der Waals surface area contributed by atoms with E-state index in [2.05, 4.69) is 45.1 Å². The standard InChI is InChI=1S/C65H124O5/c1-4-7-10-13-16-19-22-25-28-31-32-33-36-39-42-45-48-51-54-57-60-68-61-63(70-65(67)59-56-53-50-47-44-41-38-35-30-27-24-21-18-15-12-9-6-3)62-69-64(66)58-55-52-49-46-43-40-37-34-29-26-23-20-17-14-11-8-5-2/h17,20,26,29,63H,4-16,18-19,21-25,27-28,30-62H2,1-3H3/b20-17-,29-26-. The SMILES string of the molecule is CCCCC/C=C\C/C=C\CCCCCCCCCC(=O)OCC(COCCCCCCCCCCCCCCCCCCCCCC)OC(=O)CCCCCCCCCCCCCCCCCCC. The van der Waals surface area contributed by atoms with Gasteiger partial charge in [-0.05, 0) is 51.4 Å². The zero-order chi connectivity index (χ0) is 50.6. The van der Waals surface area contributed by atoms with Crippen LogP contribution in [0.2, 0.25) is 0 Å². The van der Waals surface area contributed by atoms with E-state index in [4.69, 9.17) is 14.2 Å². The molecule has 0 fully saturated rings. The Labute approximate surface area is 438 Å². The van der Waals surface area contributed by atoms with Crippen LogP contribution in [0.15, 0.2) is 24.3 Å². The van der Waals surface area contributed by atoms with E-state index >= 15 is 0 Å². The molecule has 1 atom stereocenters. The first-order valence-corrected chi connectivity index (χ1v) is 31.9. The van der Waals surface area contributed by atoms with E-state index in [1.54, 1.807) is 0 Å². The van der Waals surface area contributed by atoms with Crippen LogP contribution < -0.4 is 0 Å². The fourth-order valence-electron chi connectivity index (χ4n) is 9.72. The Morgan fingerprint density at radius 1 is 0.314 bits per heavy atom. The summed E-state index contributed by atoms with van der Waals surface area (Å²) in [5.74, 6) is -0.378. The maximum atomic E-state index is 12.9. The highest BCUT2D eigenvalue weighted by Gasteiger charge is 2.18. The van der Waals surface area contributed by atoms with Crippen molar-refractivity contribution in [1.82, 2.24) is 0 Å². The highest BCUT2D eigenvalue weighted by Crippen LogP contribution is 2.18. The molecular formula is C65H124O5. The van der Waals surface area contributed by atoms with Crippen molar-refractivity contribution in [3.8, 4) is 0 Å². The van der Waals surface area contributed by atoms with Crippen molar-refractivity contribution in [1.29, 1.82) is 0 Å². The predicted octanol–water partition coefficient (Wildman–Crippen LogP) is 21.9. The number of ether oxygens (including phenoxy) is 3. The van der Waals surface area contributed by atoms with Gasteiger partial charge < -0.3 is 14.2 Å². The van der Waals surface area contributed by atoms with Gasteiger partial charge in [-0.25, -0.2) is 0 Å². The summed E-state index contributed by atoms with van der Waals surface area (Å²) in [7, 11) is 0.